The zero-order valence-corrected chi connectivity index (χ0v) is 22.3. The number of nitrogens with zero attached hydrogens (tertiary/aromatic N) is 2. The van der Waals surface area contributed by atoms with Crippen LogP contribution in [0.2, 0.25) is 0 Å². The molecule has 3 aliphatic rings. The molecular weight excluding hydrogens is 504 g/mol. The fraction of sp³-hybridized carbons (Fsp3) is 0.464. The molecule has 208 valence electrons. The molecule has 2 heterocycles. The number of para-hydroxylation sites is 1. The quantitative estimate of drug-likeness (QED) is 0.494. The van der Waals surface area contributed by atoms with Gasteiger partial charge in [0.2, 0.25) is 12.7 Å². The van der Waals surface area contributed by atoms with Crippen LogP contribution in [0.1, 0.15) is 37.0 Å². The van der Waals surface area contributed by atoms with Crippen LogP contribution in [0.3, 0.4) is 0 Å². The average Bonchev–Trinajstić information content (AvgIpc) is 3.68. The molecule has 0 saturated heterocycles. The van der Waals surface area contributed by atoms with Gasteiger partial charge in [-0.1, -0.05) is 13.0 Å². The lowest BCUT2D eigenvalue weighted by molar-refractivity contribution is -0.117. The number of nitrogens with one attached hydrogen (secondary N) is 2. The maximum atomic E-state index is 13.6. The Balaban J connectivity index is 1.39. The largest absolute Gasteiger partial charge is 0.485 e. The number of carbonyl (C=O) groups excluding carboxylic acids is 3. The van der Waals surface area contributed by atoms with E-state index < -0.39 is 12.1 Å². The smallest absolute Gasteiger partial charge is 0.321 e. The predicted molar refractivity (Wildman–Crippen MR) is 143 cm³/mol. The molecule has 0 unspecified atom stereocenters. The zero-order chi connectivity index (χ0) is 27.7. The van der Waals surface area contributed by atoms with Crippen molar-refractivity contribution in [3.63, 3.8) is 0 Å². The normalized spacial score (nSPS) is 20.7. The molecule has 3 N–H and O–H groups in total. The van der Waals surface area contributed by atoms with Crippen LogP contribution >= 0.6 is 0 Å². The van der Waals surface area contributed by atoms with Gasteiger partial charge in [-0.25, -0.2) is 4.79 Å². The molecule has 11 heteroatoms. The van der Waals surface area contributed by atoms with Crippen molar-refractivity contribution in [3.05, 3.63) is 42.0 Å². The van der Waals surface area contributed by atoms with Crippen molar-refractivity contribution in [2.45, 2.75) is 38.8 Å². The van der Waals surface area contributed by atoms with Crippen LogP contribution < -0.4 is 24.8 Å². The summed E-state index contributed by atoms with van der Waals surface area (Å²) in [4.78, 5) is 42.4. The summed E-state index contributed by atoms with van der Waals surface area (Å²) in [5.74, 6) is 0.832. The molecule has 1 aliphatic carbocycles. The van der Waals surface area contributed by atoms with Crippen LogP contribution in [-0.2, 0) is 4.79 Å². The van der Waals surface area contributed by atoms with Crippen LogP contribution in [0.15, 0.2) is 36.4 Å². The molecule has 0 bridgehead atoms. The Morgan fingerprint density at radius 1 is 1.15 bits per heavy atom. The third kappa shape index (κ3) is 5.73. The van der Waals surface area contributed by atoms with Crippen molar-refractivity contribution in [2.24, 2.45) is 11.8 Å². The Morgan fingerprint density at radius 2 is 1.92 bits per heavy atom. The van der Waals surface area contributed by atoms with Crippen molar-refractivity contribution in [1.82, 2.24) is 9.80 Å². The molecule has 2 aliphatic heterocycles. The van der Waals surface area contributed by atoms with E-state index in [4.69, 9.17) is 14.2 Å². The van der Waals surface area contributed by atoms with E-state index in [0.29, 0.717) is 35.0 Å². The summed E-state index contributed by atoms with van der Waals surface area (Å²) in [5.41, 5.74) is 1.28. The highest BCUT2D eigenvalue weighted by atomic mass is 16.7. The van der Waals surface area contributed by atoms with Gasteiger partial charge in [0.25, 0.3) is 5.91 Å². The number of urea groups is 1. The van der Waals surface area contributed by atoms with Gasteiger partial charge in [0.15, 0.2) is 17.2 Å². The van der Waals surface area contributed by atoms with Gasteiger partial charge >= 0.3 is 6.03 Å². The number of benzene rings is 2. The number of aliphatic hydroxyl groups is 1. The van der Waals surface area contributed by atoms with Gasteiger partial charge in [-0.3, -0.25) is 9.59 Å². The first-order valence-electron chi connectivity index (χ1n) is 13.2. The molecule has 3 atom stereocenters. The van der Waals surface area contributed by atoms with E-state index in [9.17, 15) is 19.5 Å². The third-order valence-electron chi connectivity index (χ3n) is 7.32. The van der Waals surface area contributed by atoms with Gasteiger partial charge in [-0.15, -0.1) is 0 Å². The summed E-state index contributed by atoms with van der Waals surface area (Å²) in [6.45, 7) is 4.19. The van der Waals surface area contributed by atoms with Crippen LogP contribution in [-0.4, -0.2) is 78.4 Å². The third-order valence-corrected chi connectivity index (χ3v) is 7.32. The van der Waals surface area contributed by atoms with Crippen LogP contribution in [0.25, 0.3) is 0 Å². The van der Waals surface area contributed by atoms with E-state index in [1.807, 2.05) is 6.92 Å². The first kappa shape index (κ1) is 26.6. The minimum absolute atomic E-state index is 0.0308. The summed E-state index contributed by atoms with van der Waals surface area (Å²) >= 11 is 0. The Hall–Kier alpha value is -3.99. The number of fused-ring (bicyclic) bond motifs is 2. The van der Waals surface area contributed by atoms with Crippen molar-refractivity contribution < 1.29 is 33.7 Å². The molecule has 0 spiro atoms. The highest BCUT2D eigenvalue weighted by Crippen LogP contribution is 2.37. The fourth-order valence-electron chi connectivity index (χ4n) is 4.69. The molecule has 1 saturated carbocycles. The van der Waals surface area contributed by atoms with Gasteiger partial charge in [-0.05, 0) is 44.0 Å². The Labute approximate surface area is 227 Å². The fourth-order valence-corrected chi connectivity index (χ4v) is 4.69. The molecular formula is C28H34N4O7. The highest BCUT2D eigenvalue weighted by molar-refractivity contribution is 6.02. The minimum Gasteiger partial charge on any atom is -0.485 e. The van der Waals surface area contributed by atoms with E-state index in [1.54, 1.807) is 55.3 Å². The van der Waals surface area contributed by atoms with E-state index in [-0.39, 0.29) is 55.4 Å². The van der Waals surface area contributed by atoms with Gasteiger partial charge in [-0.2, -0.15) is 0 Å². The molecule has 11 nitrogen and oxygen atoms in total. The molecule has 2 aromatic carbocycles. The number of hydrogen-bond acceptors (Lipinski definition) is 7. The summed E-state index contributed by atoms with van der Waals surface area (Å²) in [6.07, 6.45) is 1.16. The van der Waals surface area contributed by atoms with Crippen molar-refractivity contribution in [3.8, 4) is 17.2 Å². The lowest BCUT2D eigenvalue weighted by Gasteiger charge is -2.38. The summed E-state index contributed by atoms with van der Waals surface area (Å²) < 4.78 is 17.2. The van der Waals surface area contributed by atoms with E-state index in [2.05, 4.69) is 10.6 Å². The van der Waals surface area contributed by atoms with Crippen molar-refractivity contribution >= 4 is 29.2 Å². The molecule has 2 aromatic rings. The molecule has 1 fully saturated rings. The summed E-state index contributed by atoms with van der Waals surface area (Å²) in [6, 6.07) is 9.47. The van der Waals surface area contributed by atoms with Gasteiger partial charge in [0, 0.05) is 37.2 Å². The Kier molecular flexibility index (Phi) is 7.51. The van der Waals surface area contributed by atoms with E-state index >= 15 is 0 Å². The number of carbonyl (C=O) groups is 3. The number of aliphatic hydroxyl groups excluding tert-OH is 1. The lowest BCUT2D eigenvalue weighted by Crippen LogP contribution is -2.50. The second-order valence-corrected chi connectivity index (χ2v) is 10.4. The maximum Gasteiger partial charge on any atom is 0.321 e. The summed E-state index contributed by atoms with van der Waals surface area (Å²) in [5, 5.41) is 15.7. The summed E-state index contributed by atoms with van der Waals surface area (Å²) in [7, 11) is 1.66. The minimum atomic E-state index is -0.517. The molecule has 0 radical (unpaired) electrons. The number of likely N-dealkylation sites (N-methyl/N-ethyl adjacent to an activating group) is 1. The predicted octanol–water partition coefficient (Wildman–Crippen LogP) is 3.15. The molecule has 4 amide bonds. The molecule has 0 aromatic heterocycles. The first-order valence-corrected chi connectivity index (χ1v) is 13.2. The maximum absolute atomic E-state index is 13.6. The van der Waals surface area contributed by atoms with E-state index in [0.717, 1.165) is 12.8 Å². The first-order chi connectivity index (χ1) is 18.7. The number of anilines is 2. The number of ether oxygens (including phenoxy) is 3. The van der Waals surface area contributed by atoms with Crippen LogP contribution in [0.4, 0.5) is 16.2 Å². The topological polar surface area (TPSA) is 130 Å². The highest BCUT2D eigenvalue weighted by Gasteiger charge is 2.36. The second kappa shape index (κ2) is 11.0. The molecule has 5 rings (SSSR count). The standard InChI is InChI=1S/C28H34N4O7/c1-16-12-32(17(2)14-33)27(35)20-5-4-6-21(30-26(34)18-7-8-18)25(20)39-24(16)13-31(3)28(36)29-19-9-10-22-23(11-19)38-15-37-22/h4-6,9-11,16-18,24,33H,7-8,12-15H2,1-3H3,(H,29,36)(H,30,34)/t16-,17+,24+/m1/s1. The van der Waals surface area contributed by atoms with Crippen molar-refractivity contribution in [1.29, 1.82) is 0 Å². The average molecular weight is 539 g/mol. The Bertz CT molecular complexity index is 1260. The van der Waals surface area contributed by atoms with Crippen LogP contribution in [0.5, 0.6) is 17.2 Å². The zero-order valence-electron chi connectivity index (χ0n) is 22.3. The number of amides is 4. The SMILES string of the molecule is C[C@@H]1CN([C@@H](C)CO)C(=O)c2cccc(NC(=O)C3CC3)c2O[C@H]1CN(C)C(=O)Nc1ccc2c(c1)OCO2. The van der Waals surface area contributed by atoms with E-state index in [1.165, 1.54) is 4.90 Å². The number of hydrogen-bond donors (Lipinski definition) is 3. The van der Waals surface area contributed by atoms with Gasteiger partial charge in [0.05, 0.1) is 30.4 Å². The molecule has 39 heavy (non-hydrogen) atoms. The van der Waals surface area contributed by atoms with Gasteiger partial charge < -0.3 is 39.8 Å². The van der Waals surface area contributed by atoms with Gasteiger partial charge in [0.1, 0.15) is 6.10 Å². The number of rotatable bonds is 7. The van der Waals surface area contributed by atoms with Crippen molar-refractivity contribution in [2.75, 3.05) is 44.2 Å². The lowest BCUT2D eigenvalue weighted by atomic mass is 9.99. The Morgan fingerprint density at radius 3 is 2.67 bits per heavy atom. The monoisotopic (exact) mass is 538 g/mol. The second-order valence-electron chi connectivity index (χ2n) is 10.4. The van der Waals surface area contributed by atoms with Crippen LogP contribution in [0, 0.1) is 11.8 Å².